The lowest BCUT2D eigenvalue weighted by molar-refractivity contribution is -0.802. The van der Waals surface area contributed by atoms with Crippen molar-refractivity contribution >= 4 is 17.9 Å². The molecule has 0 spiro atoms. The van der Waals surface area contributed by atoms with Gasteiger partial charge in [-0.05, 0) is 49.2 Å². The van der Waals surface area contributed by atoms with Crippen molar-refractivity contribution in [3.05, 3.63) is 83.4 Å². The summed E-state index contributed by atoms with van der Waals surface area (Å²) in [6.07, 6.45) is 8.73. The molecule has 36 heavy (non-hydrogen) atoms. The van der Waals surface area contributed by atoms with E-state index in [1.807, 2.05) is 72.3 Å². The summed E-state index contributed by atoms with van der Waals surface area (Å²) in [5.74, 6) is 0.557. The Morgan fingerprint density at radius 1 is 1.17 bits per heavy atom. The number of methoxy groups -OCH3 is 1. The predicted molar refractivity (Wildman–Crippen MR) is 139 cm³/mol. The molecular formula is C29H33N4O3+. The fourth-order valence-electron chi connectivity index (χ4n) is 5.64. The molecule has 0 saturated carbocycles. The number of likely N-dealkylation sites (tertiary alicyclic amines) is 1. The van der Waals surface area contributed by atoms with Crippen LogP contribution in [0.4, 0.5) is 0 Å². The summed E-state index contributed by atoms with van der Waals surface area (Å²) in [5.41, 5.74) is 4.00. The molecule has 0 radical (unpaired) electrons. The van der Waals surface area contributed by atoms with Gasteiger partial charge in [0.15, 0.2) is 0 Å². The Bertz CT molecular complexity index is 1290. The van der Waals surface area contributed by atoms with Crippen molar-refractivity contribution in [2.75, 3.05) is 26.7 Å². The minimum atomic E-state index is -0.110. The van der Waals surface area contributed by atoms with Gasteiger partial charge in [0.2, 0.25) is 0 Å². The lowest BCUT2D eigenvalue weighted by Crippen LogP contribution is -2.67. The molecule has 3 aromatic rings. The molecule has 1 atom stereocenters. The highest BCUT2D eigenvalue weighted by molar-refractivity contribution is 6.04. The summed E-state index contributed by atoms with van der Waals surface area (Å²) in [6, 6.07) is 15.2. The second-order valence-corrected chi connectivity index (χ2v) is 9.68. The first-order valence-electron chi connectivity index (χ1n) is 12.7. The van der Waals surface area contributed by atoms with E-state index >= 15 is 0 Å². The zero-order chi connectivity index (χ0) is 25.1. The lowest BCUT2D eigenvalue weighted by Gasteiger charge is -2.44. The molecule has 2 fully saturated rings. The topological polar surface area (TPSA) is 73.2 Å². The van der Waals surface area contributed by atoms with Crippen LogP contribution in [-0.2, 0) is 4.79 Å². The summed E-state index contributed by atoms with van der Waals surface area (Å²) < 4.78 is 7.49. The number of benzene rings is 2. The van der Waals surface area contributed by atoms with Crippen molar-refractivity contribution < 1.29 is 18.8 Å². The summed E-state index contributed by atoms with van der Waals surface area (Å²) in [5, 5.41) is 3.38. The predicted octanol–water partition coefficient (Wildman–Crippen LogP) is 4.30. The number of quaternary nitrogens is 1. The van der Waals surface area contributed by atoms with E-state index in [2.05, 4.69) is 10.3 Å². The number of aromatic nitrogens is 2. The molecule has 7 heteroatoms. The third kappa shape index (κ3) is 4.40. The first-order chi connectivity index (χ1) is 17.5. The number of hydrogen-bond donors (Lipinski definition) is 1. The maximum Gasteiger partial charge on any atom is 0.353 e. The number of imide groups is 1. The number of amides is 2. The number of ether oxygens (including phenoxy) is 1. The molecule has 186 valence electrons. The lowest BCUT2D eigenvalue weighted by atomic mass is 9.91. The second-order valence-electron chi connectivity index (χ2n) is 9.68. The van der Waals surface area contributed by atoms with Gasteiger partial charge in [0.25, 0.3) is 0 Å². The van der Waals surface area contributed by atoms with Crippen LogP contribution in [0, 0.1) is 6.92 Å². The van der Waals surface area contributed by atoms with Crippen molar-refractivity contribution in [1.82, 2.24) is 14.9 Å². The number of rotatable bonds is 5. The molecule has 1 unspecified atom stereocenters. The van der Waals surface area contributed by atoms with Gasteiger partial charge in [-0.2, -0.15) is 4.48 Å². The van der Waals surface area contributed by atoms with Crippen molar-refractivity contribution in [2.24, 2.45) is 0 Å². The molecule has 0 bridgehead atoms. The Morgan fingerprint density at radius 3 is 2.64 bits per heavy atom. The van der Waals surface area contributed by atoms with E-state index in [9.17, 15) is 9.59 Å². The summed E-state index contributed by atoms with van der Waals surface area (Å²) in [7, 11) is 1.64. The quantitative estimate of drug-likeness (QED) is 0.331. The highest BCUT2D eigenvalue weighted by Gasteiger charge is 2.53. The number of imidazole rings is 1. The number of piperidine rings is 2. The number of hydrogen-bond acceptors (Lipinski definition) is 5. The van der Waals surface area contributed by atoms with E-state index in [0.29, 0.717) is 29.9 Å². The molecule has 7 nitrogen and oxygen atoms in total. The van der Waals surface area contributed by atoms with E-state index in [1.165, 1.54) is 0 Å². The van der Waals surface area contributed by atoms with Crippen LogP contribution in [0.1, 0.15) is 47.3 Å². The average molecular weight is 486 g/mol. The van der Waals surface area contributed by atoms with E-state index in [-0.39, 0.29) is 22.3 Å². The maximum atomic E-state index is 14.2. The van der Waals surface area contributed by atoms with Gasteiger partial charge in [-0.15, -0.1) is 0 Å². The Kier molecular flexibility index (Phi) is 6.85. The Balaban J connectivity index is 1.53. The first-order valence-corrected chi connectivity index (χ1v) is 12.7. The third-order valence-corrected chi connectivity index (χ3v) is 7.44. The Labute approximate surface area is 212 Å². The molecule has 1 aromatic heterocycles. The van der Waals surface area contributed by atoms with Gasteiger partial charge < -0.3 is 14.6 Å². The number of carbonyl (C=O) groups is 2. The van der Waals surface area contributed by atoms with Crippen LogP contribution < -0.4 is 10.1 Å². The molecule has 2 amide bonds. The maximum absolute atomic E-state index is 14.2. The van der Waals surface area contributed by atoms with Crippen LogP contribution in [-0.4, -0.2) is 58.6 Å². The number of carbonyl (C=O) groups excluding carboxylic acids is 2. The highest BCUT2D eigenvalue weighted by atomic mass is 16.5. The van der Waals surface area contributed by atoms with Crippen LogP contribution in [0.15, 0.2) is 66.6 Å². The van der Waals surface area contributed by atoms with Crippen LogP contribution in [0.5, 0.6) is 5.75 Å². The van der Waals surface area contributed by atoms with Crippen molar-refractivity contribution in [3.8, 4) is 11.4 Å². The number of nitrogens with one attached hydrogen (secondary N) is 1. The minimum Gasteiger partial charge on any atom is -0.495 e. The van der Waals surface area contributed by atoms with Crippen molar-refractivity contribution in [3.63, 3.8) is 0 Å². The summed E-state index contributed by atoms with van der Waals surface area (Å²) in [4.78, 5) is 32.5. The van der Waals surface area contributed by atoms with E-state index < -0.39 is 0 Å². The van der Waals surface area contributed by atoms with Crippen LogP contribution >= 0.6 is 0 Å². The van der Waals surface area contributed by atoms with Gasteiger partial charge in [0, 0.05) is 38.5 Å². The van der Waals surface area contributed by atoms with Crippen molar-refractivity contribution in [1.29, 1.82) is 0 Å². The van der Waals surface area contributed by atoms with E-state index in [1.54, 1.807) is 13.4 Å². The molecule has 2 aromatic carbocycles. The fourth-order valence-corrected chi connectivity index (χ4v) is 5.64. The smallest absolute Gasteiger partial charge is 0.353 e. The minimum absolute atomic E-state index is 0.0171. The summed E-state index contributed by atoms with van der Waals surface area (Å²) >= 11 is 0. The van der Waals surface area contributed by atoms with Gasteiger partial charge >= 0.3 is 11.8 Å². The Morgan fingerprint density at radius 2 is 1.94 bits per heavy atom. The zero-order valence-corrected chi connectivity index (χ0v) is 20.9. The first kappa shape index (κ1) is 24.2. The average Bonchev–Trinajstić information content (AvgIpc) is 3.36. The van der Waals surface area contributed by atoms with Gasteiger partial charge in [0.05, 0.1) is 42.5 Å². The number of nitrogens with zero attached hydrogens (tertiary/aromatic N) is 3. The monoisotopic (exact) mass is 485 g/mol. The molecule has 2 aliphatic heterocycles. The standard InChI is InChI=1S/C29H33N4O3/c1-21-19-32(20-31-21)26-11-10-22(18-27(26)36-2)17-24-9-6-16-33(29(24)35,25-12-14-30-15-13-25)28(34)23-7-4-3-5-8-23/h3-5,7-8,10-11,17-20,25,30H,6,9,12-16H2,1-2H3/q+1/b24-17+. The van der Waals surface area contributed by atoms with Gasteiger partial charge in [-0.3, -0.25) is 0 Å². The van der Waals surface area contributed by atoms with Gasteiger partial charge in [-0.1, -0.05) is 24.3 Å². The third-order valence-electron chi connectivity index (χ3n) is 7.44. The summed E-state index contributed by atoms with van der Waals surface area (Å²) in [6.45, 7) is 4.15. The largest absolute Gasteiger partial charge is 0.495 e. The SMILES string of the molecule is COc1cc(/C=C2\CCC[N+](C(=O)c3ccccc3)(C3CCNCC3)C2=O)ccc1-n1cnc(C)c1. The van der Waals surface area contributed by atoms with Crippen LogP contribution in [0.3, 0.4) is 0 Å². The van der Waals surface area contributed by atoms with E-state index in [4.69, 9.17) is 4.74 Å². The highest BCUT2D eigenvalue weighted by Crippen LogP contribution is 2.35. The van der Waals surface area contributed by atoms with Gasteiger partial charge in [-0.25, -0.2) is 14.6 Å². The van der Waals surface area contributed by atoms with E-state index in [0.717, 1.165) is 49.3 Å². The van der Waals surface area contributed by atoms with Crippen LogP contribution in [0.2, 0.25) is 0 Å². The zero-order valence-electron chi connectivity index (χ0n) is 20.9. The van der Waals surface area contributed by atoms with Gasteiger partial charge in [0.1, 0.15) is 11.8 Å². The fraction of sp³-hybridized carbons (Fsp3) is 0.345. The molecule has 0 aliphatic carbocycles. The van der Waals surface area contributed by atoms with Crippen LogP contribution in [0.25, 0.3) is 11.8 Å². The molecule has 2 aliphatic rings. The second kappa shape index (κ2) is 10.2. The molecule has 1 N–H and O–H groups in total. The molecule has 2 saturated heterocycles. The number of aryl methyl sites for hydroxylation is 1. The normalized spacial score (nSPS) is 22.1. The van der Waals surface area contributed by atoms with Crippen molar-refractivity contribution in [2.45, 2.75) is 38.6 Å². The molecule has 5 rings (SSSR count). The molecule has 3 heterocycles. The molecular weight excluding hydrogens is 452 g/mol. The Hall–Kier alpha value is -3.55.